The van der Waals surface area contributed by atoms with Crippen molar-refractivity contribution >= 4 is 17.0 Å². The molecule has 1 aliphatic heterocycles. The zero-order valence-corrected chi connectivity index (χ0v) is 14.8. The number of anilines is 1. The number of hydrogen-bond donors (Lipinski definition) is 1. The maximum absolute atomic E-state index is 12.8. The van der Waals surface area contributed by atoms with Crippen molar-refractivity contribution in [2.24, 2.45) is 0 Å². The van der Waals surface area contributed by atoms with Crippen LogP contribution in [-0.4, -0.2) is 34.6 Å². The average Bonchev–Trinajstić information content (AvgIpc) is 2.73. The summed E-state index contributed by atoms with van der Waals surface area (Å²) in [6.45, 7) is 1.80. The second kappa shape index (κ2) is 7.46. The zero-order valence-electron chi connectivity index (χ0n) is 14.8. The molecule has 1 fully saturated rings. The molecule has 1 aromatic carbocycles. The van der Waals surface area contributed by atoms with Crippen LogP contribution in [0.3, 0.4) is 0 Å². The number of nitrogens with zero attached hydrogens (tertiary/aromatic N) is 4. The number of nitrogens with one attached hydrogen (secondary N) is 1. The van der Waals surface area contributed by atoms with E-state index in [4.69, 9.17) is 10.00 Å². The molecule has 136 valence electrons. The quantitative estimate of drug-likeness (QED) is 0.768. The lowest BCUT2D eigenvalue weighted by Gasteiger charge is -2.27. The molecule has 0 bridgehead atoms. The number of nitriles is 1. The predicted octanol–water partition coefficient (Wildman–Crippen LogP) is 2.88. The monoisotopic (exact) mass is 361 g/mol. The summed E-state index contributed by atoms with van der Waals surface area (Å²) in [5, 5.41) is 9.07. The number of benzene rings is 1. The van der Waals surface area contributed by atoms with E-state index >= 15 is 0 Å². The molecule has 4 rings (SSSR count). The standard InChI is InChI=1S/C20H19N5O2/c21-9-13-27-15-6-4-14(5-7-15)16-8-10-22-18-17(16)19(26)24-20(23-18)25-11-2-1-3-12-25/h4-8,10H,1-3,11-13H2,(H,22,23,24,26). The van der Waals surface area contributed by atoms with E-state index in [2.05, 4.69) is 19.9 Å². The summed E-state index contributed by atoms with van der Waals surface area (Å²) < 4.78 is 5.28. The zero-order chi connectivity index (χ0) is 18.6. The number of rotatable bonds is 4. The van der Waals surface area contributed by atoms with Crippen LogP contribution < -0.4 is 15.2 Å². The molecule has 1 N–H and O–H groups in total. The average molecular weight is 361 g/mol. The Hall–Kier alpha value is -3.40. The van der Waals surface area contributed by atoms with Crippen molar-refractivity contribution < 1.29 is 4.74 Å². The van der Waals surface area contributed by atoms with Gasteiger partial charge in [0.05, 0.1) is 5.39 Å². The molecule has 27 heavy (non-hydrogen) atoms. The van der Waals surface area contributed by atoms with Crippen molar-refractivity contribution in [1.29, 1.82) is 5.26 Å². The highest BCUT2D eigenvalue weighted by Gasteiger charge is 2.17. The summed E-state index contributed by atoms with van der Waals surface area (Å²) >= 11 is 0. The van der Waals surface area contributed by atoms with E-state index in [-0.39, 0.29) is 12.2 Å². The van der Waals surface area contributed by atoms with E-state index in [0.717, 1.165) is 37.1 Å². The molecule has 0 saturated carbocycles. The molecule has 0 spiro atoms. The fourth-order valence-electron chi connectivity index (χ4n) is 3.39. The van der Waals surface area contributed by atoms with Gasteiger partial charge < -0.3 is 9.64 Å². The van der Waals surface area contributed by atoms with Gasteiger partial charge in [-0.25, -0.2) is 4.98 Å². The Labute approximate surface area is 156 Å². The summed E-state index contributed by atoms with van der Waals surface area (Å²) in [7, 11) is 0. The molecular weight excluding hydrogens is 342 g/mol. The number of aromatic nitrogens is 3. The van der Waals surface area contributed by atoms with Crippen LogP contribution in [0.2, 0.25) is 0 Å². The fourth-order valence-corrected chi connectivity index (χ4v) is 3.39. The van der Waals surface area contributed by atoms with Gasteiger partial charge in [-0.2, -0.15) is 10.2 Å². The van der Waals surface area contributed by atoms with Crippen molar-refractivity contribution in [3.05, 3.63) is 46.9 Å². The molecule has 7 nitrogen and oxygen atoms in total. The maximum atomic E-state index is 12.8. The van der Waals surface area contributed by atoms with Gasteiger partial charge >= 0.3 is 0 Å². The summed E-state index contributed by atoms with van der Waals surface area (Å²) in [6, 6.07) is 11.0. The third-order valence-electron chi connectivity index (χ3n) is 4.72. The van der Waals surface area contributed by atoms with E-state index in [0.29, 0.717) is 22.7 Å². The summed E-state index contributed by atoms with van der Waals surface area (Å²) in [4.78, 5) is 26.8. The molecular formula is C20H19N5O2. The van der Waals surface area contributed by atoms with Crippen LogP contribution in [0.15, 0.2) is 41.3 Å². The summed E-state index contributed by atoms with van der Waals surface area (Å²) in [5.41, 5.74) is 1.89. The first-order chi connectivity index (χ1) is 13.3. The minimum atomic E-state index is -0.187. The molecule has 2 aromatic heterocycles. The molecule has 3 aromatic rings. The van der Waals surface area contributed by atoms with Gasteiger partial charge in [-0.3, -0.25) is 9.78 Å². The first kappa shape index (κ1) is 17.0. The van der Waals surface area contributed by atoms with Gasteiger partial charge in [0.25, 0.3) is 5.56 Å². The molecule has 0 aliphatic carbocycles. The van der Waals surface area contributed by atoms with Gasteiger partial charge in [0.15, 0.2) is 12.3 Å². The molecule has 7 heteroatoms. The van der Waals surface area contributed by atoms with Crippen molar-refractivity contribution in [3.8, 4) is 22.9 Å². The molecule has 0 amide bonds. The van der Waals surface area contributed by atoms with Crippen molar-refractivity contribution in [2.45, 2.75) is 19.3 Å². The van der Waals surface area contributed by atoms with Crippen molar-refractivity contribution in [3.63, 3.8) is 0 Å². The van der Waals surface area contributed by atoms with Crippen molar-refractivity contribution in [1.82, 2.24) is 15.0 Å². The van der Waals surface area contributed by atoms with Crippen LogP contribution in [0.1, 0.15) is 19.3 Å². The molecule has 1 saturated heterocycles. The lowest BCUT2D eigenvalue weighted by atomic mass is 10.0. The minimum absolute atomic E-state index is 0.000396. The number of fused-ring (bicyclic) bond motifs is 1. The Balaban J connectivity index is 1.74. The second-order valence-electron chi connectivity index (χ2n) is 6.47. The molecule has 1 aliphatic rings. The Morgan fingerprint density at radius 3 is 2.67 bits per heavy atom. The summed E-state index contributed by atoms with van der Waals surface area (Å²) in [5.74, 6) is 1.20. The number of ether oxygens (including phenoxy) is 1. The van der Waals surface area contributed by atoms with Gasteiger partial charge in [-0.05, 0) is 48.6 Å². The SMILES string of the molecule is N#CCOc1ccc(-c2ccnc3nc(N4CCCCC4)[nH]c(=O)c23)cc1. The first-order valence-electron chi connectivity index (χ1n) is 9.00. The van der Waals surface area contributed by atoms with E-state index in [1.807, 2.05) is 24.3 Å². The summed E-state index contributed by atoms with van der Waals surface area (Å²) in [6.07, 6.45) is 5.10. The number of aromatic amines is 1. The predicted molar refractivity (Wildman–Crippen MR) is 103 cm³/mol. The van der Waals surface area contributed by atoms with Crippen LogP contribution in [0.25, 0.3) is 22.2 Å². The number of hydrogen-bond acceptors (Lipinski definition) is 6. The number of pyridine rings is 1. The number of H-pyrrole nitrogens is 1. The third kappa shape index (κ3) is 3.47. The molecule has 0 radical (unpaired) electrons. The molecule has 0 unspecified atom stereocenters. The van der Waals surface area contributed by atoms with Gasteiger partial charge in [0, 0.05) is 19.3 Å². The Morgan fingerprint density at radius 1 is 1.15 bits per heavy atom. The van der Waals surface area contributed by atoms with Gasteiger partial charge in [0.1, 0.15) is 11.8 Å². The van der Waals surface area contributed by atoms with Gasteiger partial charge in [-0.15, -0.1) is 0 Å². The smallest absolute Gasteiger partial charge is 0.262 e. The van der Waals surface area contributed by atoms with Crippen LogP contribution in [0.4, 0.5) is 5.95 Å². The topological polar surface area (TPSA) is 94.9 Å². The van der Waals surface area contributed by atoms with Gasteiger partial charge in [0.2, 0.25) is 5.95 Å². The highest BCUT2D eigenvalue weighted by Crippen LogP contribution is 2.27. The van der Waals surface area contributed by atoms with Crippen molar-refractivity contribution in [2.75, 3.05) is 24.6 Å². The lowest BCUT2D eigenvalue weighted by Crippen LogP contribution is -2.32. The Morgan fingerprint density at radius 2 is 1.93 bits per heavy atom. The second-order valence-corrected chi connectivity index (χ2v) is 6.47. The van der Waals surface area contributed by atoms with E-state index in [1.54, 1.807) is 18.3 Å². The van der Waals surface area contributed by atoms with Crippen LogP contribution in [-0.2, 0) is 0 Å². The first-order valence-corrected chi connectivity index (χ1v) is 9.00. The number of piperidine rings is 1. The Kier molecular flexibility index (Phi) is 4.71. The minimum Gasteiger partial charge on any atom is -0.479 e. The van der Waals surface area contributed by atoms with Gasteiger partial charge in [-0.1, -0.05) is 12.1 Å². The van der Waals surface area contributed by atoms with Crippen LogP contribution >= 0.6 is 0 Å². The molecule has 0 atom stereocenters. The van der Waals surface area contributed by atoms with E-state index < -0.39 is 0 Å². The lowest BCUT2D eigenvalue weighted by molar-refractivity contribution is 0.368. The normalized spacial score (nSPS) is 14.1. The van der Waals surface area contributed by atoms with E-state index in [1.165, 1.54) is 6.42 Å². The van der Waals surface area contributed by atoms with Crippen LogP contribution in [0.5, 0.6) is 5.75 Å². The highest BCUT2D eigenvalue weighted by molar-refractivity contribution is 5.92. The third-order valence-corrected chi connectivity index (χ3v) is 4.72. The molecule has 3 heterocycles. The fraction of sp³-hybridized carbons (Fsp3) is 0.300. The van der Waals surface area contributed by atoms with Crippen LogP contribution in [0, 0.1) is 11.3 Å². The maximum Gasteiger partial charge on any atom is 0.262 e. The Bertz CT molecular complexity index is 1050. The van der Waals surface area contributed by atoms with E-state index in [9.17, 15) is 4.79 Å². The largest absolute Gasteiger partial charge is 0.479 e. The highest BCUT2D eigenvalue weighted by atomic mass is 16.5.